The van der Waals surface area contributed by atoms with Crippen molar-refractivity contribution in [3.63, 3.8) is 0 Å². The molecule has 122 valence electrons. The molecule has 0 aliphatic rings. The summed E-state index contributed by atoms with van der Waals surface area (Å²) < 4.78 is 0. The molecule has 0 atom stereocenters. The van der Waals surface area contributed by atoms with Crippen molar-refractivity contribution in [3.05, 3.63) is 83.7 Å². The molecule has 1 amide bonds. The second-order valence-electron chi connectivity index (χ2n) is 5.37. The number of nitrogens with one attached hydrogen (secondary N) is 1. The lowest BCUT2D eigenvalue weighted by molar-refractivity contribution is -0.115. The summed E-state index contributed by atoms with van der Waals surface area (Å²) >= 11 is 0. The zero-order chi connectivity index (χ0) is 17.5. The SMILES string of the molecule is Nc1ncc(C#Cc2cccc(NC(=O)Cc3ccccc3)c2)cn1. The molecule has 0 fully saturated rings. The highest BCUT2D eigenvalue weighted by Crippen LogP contribution is 2.11. The van der Waals surface area contributed by atoms with Crippen molar-refractivity contribution in [3.8, 4) is 11.8 Å². The van der Waals surface area contributed by atoms with Crippen molar-refractivity contribution >= 4 is 17.5 Å². The summed E-state index contributed by atoms with van der Waals surface area (Å²) in [6, 6.07) is 17.0. The van der Waals surface area contributed by atoms with Crippen LogP contribution in [-0.2, 0) is 11.2 Å². The number of hydrogen-bond acceptors (Lipinski definition) is 4. The van der Waals surface area contributed by atoms with Crippen molar-refractivity contribution in [1.29, 1.82) is 0 Å². The maximum atomic E-state index is 12.1. The molecule has 25 heavy (non-hydrogen) atoms. The molecule has 3 aromatic rings. The first-order valence-electron chi connectivity index (χ1n) is 7.72. The molecule has 0 saturated heterocycles. The first-order valence-corrected chi connectivity index (χ1v) is 7.72. The van der Waals surface area contributed by atoms with E-state index in [9.17, 15) is 4.79 Å². The molecule has 1 heterocycles. The smallest absolute Gasteiger partial charge is 0.228 e. The molecule has 3 rings (SSSR count). The van der Waals surface area contributed by atoms with E-state index in [4.69, 9.17) is 5.73 Å². The van der Waals surface area contributed by atoms with Crippen LogP contribution in [0.25, 0.3) is 0 Å². The van der Waals surface area contributed by atoms with Gasteiger partial charge in [-0.15, -0.1) is 0 Å². The van der Waals surface area contributed by atoms with Crippen LogP contribution < -0.4 is 11.1 Å². The number of carbonyl (C=O) groups is 1. The normalized spacial score (nSPS) is 9.76. The maximum absolute atomic E-state index is 12.1. The molecule has 5 heteroatoms. The molecular formula is C20H16N4O. The van der Waals surface area contributed by atoms with Gasteiger partial charge in [0.15, 0.2) is 0 Å². The van der Waals surface area contributed by atoms with Crippen LogP contribution in [0, 0.1) is 11.8 Å². The Morgan fingerprint density at radius 1 is 0.960 bits per heavy atom. The van der Waals surface area contributed by atoms with Crippen LogP contribution >= 0.6 is 0 Å². The fourth-order valence-electron chi connectivity index (χ4n) is 2.21. The number of hydrogen-bond donors (Lipinski definition) is 2. The maximum Gasteiger partial charge on any atom is 0.228 e. The fourth-order valence-corrected chi connectivity index (χ4v) is 2.21. The number of carbonyl (C=O) groups excluding carboxylic acids is 1. The minimum atomic E-state index is -0.0664. The Balaban J connectivity index is 1.67. The summed E-state index contributed by atoms with van der Waals surface area (Å²) in [6.07, 6.45) is 3.47. The van der Waals surface area contributed by atoms with Gasteiger partial charge in [0.2, 0.25) is 11.9 Å². The number of nitrogens with two attached hydrogens (primary N) is 1. The lowest BCUT2D eigenvalue weighted by Crippen LogP contribution is -2.14. The molecule has 0 spiro atoms. The van der Waals surface area contributed by atoms with E-state index < -0.39 is 0 Å². The number of amides is 1. The number of nitrogens with zero attached hydrogens (tertiary/aromatic N) is 2. The van der Waals surface area contributed by atoms with E-state index in [-0.39, 0.29) is 11.9 Å². The van der Waals surface area contributed by atoms with Gasteiger partial charge in [-0.3, -0.25) is 4.79 Å². The van der Waals surface area contributed by atoms with Gasteiger partial charge in [-0.1, -0.05) is 48.2 Å². The summed E-state index contributed by atoms with van der Waals surface area (Å²) in [6.45, 7) is 0. The van der Waals surface area contributed by atoms with Crippen LogP contribution in [0.3, 0.4) is 0 Å². The quantitative estimate of drug-likeness (QED) is 0.724. The van der Waals surface area contributed by atoms with Crippen LogP contribution in [0.2, 0.25) is 0 Å². The lowest BCUT2D eigenvalue weighted by atomic mass is 10.1. The summed E-state index contributed by atoms with van der Waals surface area (Å²) in [4.78, 5) is 19.9. The highest BCUT2D eigenvalue weighted by atomic mass is 16.1. The Hall–Kier alpha value is -3.65. The standard InChI is InChI=1S/C20H16N4O/c21-20-22-13-17(14-23-20)10-9-16-7-4-8-18(11-16)24-19(25)12-15-5-2-1-3-6-15/h1-8,11,13-14H,12H2,(H,24,25)(H2,21,22,23). The molecule has 3 N–H and O–H groups in total. The molecule has 1 aromatic heterocycles. The van der Waals surface area contributed by atoms with Crippen LogP contribution in [0.4, 0.5) is 11.6 Å². The van der Waals surface area contributed by atoms with Crippen molar-refractivity contribution in [2.24, 2.45) is 0 Å². The lowest BCUT2D eigenvalue weighted by Gasteiger charge is -2.05. The Morgan fingerprint density at radius 2 is 1.68 bits per heavy atom. The molecule has 0 unspecified atom stereocenters. The average Bonchev–Trinajstić information content (AvgIpc) is 2.62. The molecule has 0 aliphatic heterocycles. The van der Waals surface area contributed by atoms with Crippen LogP contribution in [0.5, 0.6) is 0 Å². The van der Waals surface area contributed by atoms with Gasteiger partial charge in [0.1, 0.15) is 0 Å². The topological polar surface area (TPSA) is 80.9 Å². The number of aromatic nitrogens is 2. The number of anilines is 2. The second-order valence-corrected chi connectivity index (χ2v) is 5.37. The largest absolute Gasteiger partial charge is 0.368 e. The Morgan fingerprint density at radius 3 is 2.44 bits per heavy atom. The van der Waals surface area contributed by atoms with Gasteiger partial charge in [0.05, 0.1) is 12.0 Å². The third kappa shape index (κ3) is 4.91. The fraction of sp³-hybridized carbons (Fsp3) is 0.0500. The Bertz CT molecular complexity index is 925. The monoisotopic (exact) mass is 328 g/mol. The van der Waals surface area contributed by atoms with Crippen LogP contribution in [0.1, 0.15) is 16.7 Å². The van der Waals surface area contributed by atoms with Crippen molar-refractivity contribution in [2.45, 2.75) is 6.42 Å². The van der Waals surface area contributed by atoms with E-state index in [1.165, 1.54) is 0 Å². The van der Waals surface area contributed by atoms with E-state index >= 15 is 0 Å². The van der Waals surface area contributed by atoms with Gasteiger partial charge < -0.3 is 11.1 Å². The zero-order valence-electron chi connectivity index (χ0n) is 13.4. The van der Waals surface area contributed by atoms with Crippen LogP contribution in [0.15, 0.2) is 67.0 Å². The van der Waals surface area contributed by atoms with E-state index in [0.717, 1.165) is 11.1 Å². The zero-order valence-corrected chi connectivity index (χ0v) is 13.4. The van der Waals surface area contributed by atoms with Gasteiger partial charge in [0.25, 0.3) is 0 Å². The summed E-state index contributed by atoms with van der Waals surface area (Å²) in [5, 5.41) is 2.89. The molecule has 0 saturated carbocycles. The van der Waals surface area contributed by atoms with Gasteiger partial charge >= 0.3 is 0 Å². The molecule has 0 aliphatic carbocycles. The second kappa shape index (κ2) is 7.75. The number of benzene rings is 2. The van der Waals surface area contributed by atoms with E-state index in [1.807, 2.05) is 54.6 Å². The predicted molar refractivity (Wildman–Crippen MR) is 97.6 cm³/mol. The molecular weight excluding hydrogens is 312 g/mol. The predicted octanol–water partition coefficient (Wildman–Crippen LogP) is 2.64. The number of nitrogen functional groups attached to an aromatic ring is 1. The van der Waals surface area contributed by atoms with Crippen molar-refractivity contribution in [1.82, 2.24) is 9.97 Å². The minimum absolute atomic E-state index is 0.0664. The van der Waals surface area contributed by atoms with Gasteiger partial charge in [-0.2, -0.15) is 0 Å². The number of rotatable bonds is 3. The Labute approximate surface area is 145 Å². The molecule has 2 aromatic carbocycles. The summed E-state index contributed by atoms with van der Waals surface area (Å²) in [5.41, 5.74) is 8.59. The highest BCUT2D eigenvalue weighted by Gasteiger charge is 2.04. The highest BCUT2D eigenvalue weighted by molar-refractivity contribution is 5.92. The summed E-state index contributed by atoms with van der Waals surface area (Å²) in [5.74, 6) is 6.14. The van der Waals surface area contributed by atoms with Crippen molar-refractivity contribution < 1.29 is 4.79 Å². The molecule has 5 nitrogen and oxygen atoms in total. The molecule has 0 bridgehead atoms. The Kier molecular flexibility index (Phi) is 5.03. The van der Waals surface area contributed by atoms with Gasteiger partial charge in [-0.25, -0.2) is 9.97 Å². The van der Waals surface area contributed by atoms with E-state index in [1.54, 1.807) is 12.4 Å². The first-order chi connectivity index (χ1) is 12.2. The average molecular weight is 328 g/mol. The van der Waals surface area contributed by atoms with E-state index in [0.29, 0.717) is 17.7 Å². The van der Waals surface area contributed by atoms with Crippen molar-refractivity contribution in [2.75, 3.05) is 11.1 Å². The first kappa shape index (κ1) is 16.2. The van der Waals surface area contributed by atoms with Gasteiger partial charge in [-0.05, 0) is 23.8 Å². The van der Waals surface area contributed by atoms with Gasteiger partial charge in [0, 0.05) is 23.6 Å². The summed E-state index contributed by atoms with van der Waals surface area (Å²) in [7, 11) is 0. The minimum Gasteiger partial charge on any atom is -0.368 e. The molecule has 0 radical (unpaired) electrons. The van der Waals surface area contributed by atoms with E-state index in [2.05, 4.69) is 27.1 Å². The van der Waals surface area contributed by atoms with Crippen LogP contribution in [-0.4, -0.2) is 15.9 Å². The third-order valence-corrected chi connectivity index (χ3v) is 3.38. The third-order valence-electron chi connectivity index (χ3n) is 3.38.